The fraction of sp³-hybridized carbons (Fsp3) is 0.647. The number of hydrogen-bond donors (Lipinski definition) is 0. The van der Waals surface area contributed by atoms with Gasteiger partial charge in [-0.15, -0.1) is 0 Å². The Morgan fingerprint density at radius 1 is 0.870 bits per heavy atom. The molecule has 1 aliphatic carbocycles. The number of hydrogen-bond acceptors (Lipinski definition) is 0. The minimum Gasteiger partial charge on any atom is -0.0790 e. The normalized spacial score (nSPS) is 31.7. The zero-order valence-electron chi connectivity index (χ0n) is 18.1. The molecule has 2 unspecified atom stereocenters. The molecule has 1 aliphatic rings. The van der Waals surface area contributed by atoms with Crippen LogP contribution < -0.4 is 0 Å². The average Bonchev–Trinajstić information content (AvgIpc) is 2.37. The minimum atomic E-state index is 0.248. The van der Waals surface area contributed by atoms with Crippen LogP contribution in [0.4, 0.5) is 0 Å². The predicted octanol–water partition coefficient (Wildman–Crippen LogP) is -2.03. The molecule has 0 amide bonds. The van der Waals surface area contributed by atoms with Crippen molar-refractivity contribution in [2.45, 2.75) is 57.0 Å². The van der Waals surface area contributed by atoms with Crippen molar-refractivity contribution in [3.63, 3.8) is 0 Å². The van der Waals surface area contributed by atoms with Crippen molar-refractivity contribution in [3.05, 3.63) is 33.4 Å². The monoisotopic (exact) mass is 412 g/mol. The van der Waals surface area contributed by atoms with Crippen LogP contribution in [0.2, 0.25) is 8.57 Å². The summed E-state index contributed by atoms with van der Waals surface area (Å²) in [6.07, 6.45) is 0. The fourth-order valence-corrected chi connectivity index (χ4v) is 16.4. The summed E-state index contributed by atoms with van der Waals surface area (Å²) >= 11 is 0. The lowest BCUT2D eigenvalue weighted by molar-refractivity contribution is 0.338. The Hall–Kier alpha value is 0.521. The highest BCUT2D eigenvalue weighted by atomic mass is 28.3. The molecule has 0 bridgehead atoms. The highest BCUT2D eigenvalue weighted by Crippen LogP contribution is 2.55. The van der Waals surface area contributed by atoms with Gasteiger partial charge >= 0.3 is 0 Å². The molecule has 0 heterocycles. The second-order valence-electron chi connectivity index (χ2n) is 9.98. The van der Waals surface area contributed by atoms with Gasteiger partial charge in [0.25, 0.3) is 0 Å². The first-order chi connectivity index (χ1) is 10.1. The third kappa shape index (κ3) is 3.72. The van der Waals surface area contributed by atoms with Crippen LogP contribution in [-0.2, 0) is 0 Å². The van der Waals surface area contributed by atoms with Crippen LogP contribution in [0, 0.1) is 11.3 Å². The van der Waals surface area contributed by atoms with Gasteiger partial charge in [-0.05, 0) is 60.3 Å². The van der Waals surface area contributed by atoms with Gasteiger partial charge in [-0.1, -0.05) is 36.1 Å². The topological polar surface area (TPSA) is 0 Å². The third-order valence-electron chi connectivity index (χ3n) is 6.67. The number of rotatable bonds is 3. The maximum Gasteiger partial charge on any atom is 0.0158 e. The Labute approximate surface area is 163 Å². The maximum absolute atomic E-state index is 2.56. The van der Waals surface area contributed by atoms with Crippen LogP contribution in [0.5, 0.6) is 0 Å². The van der Waals surface area contributed by atoms with Gasteiger partial charge in [0.1, 0.15) is 0 Å². The van der Waals surface area contributed by atoms with Gasteiger partial charge in [-0.25, -0.2) is 0 Å². The summed E-state index contributed by atoms with van der Waals surface area (Å²) in [5.41, 5.74) is 10.4. The van der Waals surface area contributed by atoms with Gasteiger partial charge < -0.3 is 0 Å². The molecule has 2 atom stereocenters. The van der Waals surface area contributed by atoms with Crippen molar-refractivity contribution in [3.8, 4) is 0 Å². The van der Waals surface area contributed by atoms with E-state index in [9.17, 15) is 0 Å². The summed E-state index contributed by atoms with van der Waals surface area (Å²) in [5.74, 6) is 0.640. The Morgan fingerprint density at radius 2 is 1.26 bits per heavy atom. The largest absolute Gasteiger partial charge is 0.0790 e. The zero-order chi connectivity index (χ0) is 18.5. The lowest BCUT2D eigenvalue weighted by Crippen LogP contribution is -2.38. The molecule has 0 saturated heterocycles. The molecule has 0 fully saturated rings. The Bertz CT molecular complexity index is 582. The Kier molecular flexibility index (Phi) is 6.26. The molecule has 0 N–H and O–H groups in total. The van der Waals surface area contributed by atoms with E-state index in [4.69, 9.17) is 0 Å². The Morgan fingerprint density at radius 3 is 1.61 bits per heavy atom. The van der Waals surface area contributed by atoms with Crippen LogP contribution in [0.15, 0.2) is 33.4 Å². The van der Waals surface area contributed by atoms with Crippen molar-refractivity contribution in [2.75, 3.05) is 0 Å². The Balaban J connectivity index is 3.81. The summed E-state index contributed by atoms with van der Waals surface area (Å²) in [5, 5.41) is 0. The van der Waals surface area contributed by atoms with E-state index in [0.717, 1.165) is 0 Å². The van der Waals surface area contributed by atoms with Crippen LogP contribution in [0.3, 0.4) is 0 Å². The summed E-state index contributed by atoms with van der Waals surface area (Å²) in [6, 6.07) is 0. The molecule has 1 rings (SSSR count). The summed E-state index contributed by atoms with van der Waals surface area (Å²) in [4.78, 5) is 0. The van der Waals surface area contributed by atoms with Crippen LogP contribution in [-0.4, -0.2) is 61.5 Å². The van der Waals surface area contributed by atoms with Crippen molar-refractivity contribution in [1.82, 2.24) is 0 Å². The first kappa shape index (κ1) is 21.6. The molecule has 0 nitrogen and oxygen atoms in total. The molecule has 132 valence electrons. The summed E-state index contributed by atoms with van der Waals surface area (Å²) in [7, 11) is 8.25. The van der Waals surface area contributed by atoms with E-state index < -0.39 is 0 Å². The van der Waals surface area contributed by atoms with Gasteiger partial charge in [-0.2, -0.15) is 0 Å². The van der Waals surface area contributed by atoms with Gasteiger partial charge in [0.2, 0.25) is 0 Å². The van der Waals surface area contributed by atoms with Crippen molar-refractivity contribution < 1.29 is 0 Å². The van der Waals surface area contributed by atoms with E-state index in [2.05, 4.69) is 48.5 Å². The second kappa shape index (κ2) is 6.68. The first-order valence-electron chi connectivity index (χ1n) is 9.15. The molecule has 0 aromatic rings. The summed E-state index contributed by atoms with van der Waals surface area (Å²) < 4.78 is 1.41. The van der Waals surface area contributed by atoms with E-state index in [-0.39, 0.29) is 5.41 Å². The highest BCUT2D eigenvalue weighted by molar-refractivity contribution is 6.67. The zero-order valence-corrected chi connectivity index (χ0v) is 30.1. The van der Waals surface area contributed by atoms with E-state index >= 15 is 0 Å². The van der Waals surface area contributed by atoms with Crippen LogP contribution in [0.1, 0.15) is 48.5 Å². The minimum absolute atomic E-state index is 0.248. The molecule has 0 aromatic carbocycles. The lowest BCUT2D eigenvalue weighted by Gasteiger charge is -2.48. The lowest BCUT2D eigenvalue weighted by atomic mass is 9.60. The van der Waals surface area contributed by atoms with Crippen LogP contribution >= 0.6 is 0 Å². The third-order valence-corrected chi connectivity index (χ3v) is 9.67. The highest BCUT2D eigenvalue weighted by Gasteiger charge is 2.43. The van der Waals surface area contributed by atoms with Crippen LogP contribution in [0.25, 0.3) is 0 Å². The standard InChI is InChI=1S/C17H40Si6/c1-8-9(2)11(4)15(7,12(5)10(8)3)13(6)14(16(18,19)20)17(21,22)23/h11H,1-7,18-23H3. The molecule has 0 saturated carbocycles. The number of allylic oxidation sites excluding steroid dienone is 6. The van der Waals surface area contributed by atoms with Gasteiger partial charge in [0.15, 0.2) is 0 Å². The quantitative estimate of drug-likeness (QED) is 0.370. The maximum atomic E-state index is 2.56. The SMILES string of the molecule is CC1=C(C)C(C)C(C)(C(C)=C(C([SiH3])([SiH3])[SiH3])C([SiH3])([SiH3])[SiH3])C(C)=C1C. The van der Waals surface area contributed by atoms with Gasteiger partial charge in [0.05, 0.1) is 0 Å². The van der Waals surface area contributed by atoms with E-state index in [1.54, 1.807) is 27.9 Å². The van der Waals surface area contributed by atoms with E-state index in [1.807, 2.05) is 5.57 Å². The van der Waals surface area contributed by atoms with E-state index in [0.29, 0.717) is 14.5 Å². The molecule has 0 aliphatic heterocycles. The molecule has 23 heavy (non-hydrogen) atoms. The molecule has 6 heteroatoms. The first-order valence-corrected chi connectivity index (χ1v) is 15.2. The van der Waals surface area contributed by atoms with E-state index in [1.165, 1.54) is 61.5 Å². The fourth-order valence-electron chi connectivity index (χ4n) is 5.16. The van der Waals surface area contributed by atoms with Gasteiger partial charge in [0, 0.05) is 66.9 Å². The molecular formula is C17H40Si6. The van der Waals surface area contributed by atoms with Crippen molar-refractivity contribution in [1.29, 1.82) is 0 Å². The molecule has 0 aromatic heterocycles. The molecule has 0 radical (unpaired) electrons. The van der Waals surface area contributed by atoms with Crippen molar-refractivity contribution >= 4 is 61.5 Å². The predicted molar refractivity (Wildman–Crippen MR) is 132 cm³/mol. The summed E-state index contributed by atoms with van der Waals surface area (Å²) in [6.45, 7) is 17.1. The van der Waals surface area contributed by atoms with Gasteiger partial charge in [-0.3, -0.25) is 0 Å². The molecule has 0 spiro atoms. The van der Waals surface area contributed by atoms with Crippen molar-refractivity contribution in [2.24, 2.45) is 11.3 Å². The second-order valence-corrected chi connectivity index (χ2v) is 37.0. The average molecular weight is 413 g/mol. The molecular weight excluding hydrogens is 373 g/mol. The smallest absolute Gasteiger partial charge is 0.0158 e.